The third kappa shape index (κ3) is 2.49. The van der Waals surface area contributed by atoms with Gasteiger partial charge in [0.2, 0.25) is 0 Å². The maximum absolute atomic E-state index is 12.3. The second-order valence-corrected chi connectivity index (χ2v) is 6.18. The second kappa shape index (κ2) is 5.94. The minimum Gasteiger partial charge on any atom is -0.283 e. The minimum atomic E-state index is -0.370. The van der Waals surface area contributed by atoms with Crippen LogP contribution in [0.5, 0.6) is 0 Å². The molecule has 0 aromatic heterocycles. The fourth-order valence-corrected chi connectivity index (χ4v) is 3.52. The molecule has 0 saturated heterocycles. The highest BCUT2D eigenvalue weighted by molar-refractivity contribution is 8.17. The zero-order valence-electron chi connectivity index (χ0n) is 12.6. The molecule has 0 spiro atoms. The number of amidine groups is 2. The predicted octanol–water partition coefficient (Wildman–Crippen LogP) is 3.99. The van der Waals surface area contributed by atoms with E-state index in [9.17, 15) is 4.79 Å². The molecule has 1 N–H and O–H groups in total. The van der Waals surface area contributed by atoms with Crippen molar-refractivity contribution >= 4 is 40.4 Å². The van der Waals surface area contributed by atoms with Crippen molar-refractivity contribution in [2.75, 3.05) is 0 Å². The van der Waals surface area contributed by atoms with Crippen LogP contribution >= 0.6 is 11.8 Å². The number of aliphatic imine (C=N–C) groups is 1. The summed E-state index contributed by atoms with van der Waals surface area (Å²) in [7, 11) is 0. The van der Waals surface area contributed by atoms with Gasteiger partial charge in [0.05, 0.1) is 11.3 Å². The molecule has 0 fully saturated rings. The van der Waals surface area contributed by atoms with E-state index in [4.69, 9.17) is 5.41 Å². The number of rotatable bonds is 2. The average Bonchev–Trinajstić information content (AvgIpc) is 3.04. The molecule has 1 amide bonds. The quantitative estimate of drug-likeness (QED) is 0.847. The van der Waals surface area contributed by atoms with Crippen molar-refractivity contribution in [3.8, 4) is 0 Å². The Morgan fingerprint density at radius 3 is 2.38 bits per heavy atom. The SMILES string of the molecule is N=C1/C(=C/c2ccccc2)C(=O)N=C2SC=C(c3ccccc3)N12. The van der Waals surface area contributed by atoms with E-state index in [1.165, 1.54) is 11.8 Å². The number of carbonyl (C=O) groups is 1. The van der Waals surface area contributed by atoms with E-state index in [1.807, 2.05) is 66.1 Å². The van der Waals surface area contributed by atoms with Crippen molar-refractivity contribution in [1.29, 1.82) is 5.41 Å². The smallest absolute Gasteiger partial charge is 0.283 e. The molecule has 2 aliphatic heterocycles. The second-order valence-electron chi connectivity index (χ2n) is 5.34. The van der Waals surface area contributed by atoms with Crippen LogP contribution in [0.3, 0.4) is 0 Å². The molecular formula is C19H13N3OS. The van der Waals surface area contributed by atoms with Gasteiger partial charge >= 0.3 is 0 Å². The molecule has 5 heteroatoms. The first kappa shape index (κ1) is 14.7. The minimum absolute atomic E-state index is 0.161. The van der Waals surface area contributed by atoms with Gasteiger partial charge in [-0.05, 0) is 17.2 Å². The lowest BCUT2D eigenvalue weighted by atomic mass is 10.1. The van der Waals surface area contributed by atoms with Crippen molar-refractivity contribution < 1.29 is 4.79 Å². The van der Waals surface area contributed by atoms with Gasteiger partial charge in [-0.25, -0.2) is 0 Å². The largest absolute Gasteiger partial charge is 0.283 e. The van der Waals surface area contributed by atoms with E-state index < -0.39 is 0 Å². The van der Waals surface area contributed by atoms with E-state index in [1.54, 1.807) is 11.0 Å². The van der Waals surface area contributed by atoms with Crippen LogP contribution in [0.4, 0.5) is 0 Å². The number of fused-ring (bicyclic) bond motifs is 1. The van der Waals surface area contributed by atoms with Crippen molar-refractivity contribution in [3.63, 3.8) is 0 Å². The molecule has 0 saturated carbocycles. The van der Waals surface area contributed by atoms with Gasteiger partial charge in [-0.1, -0.05) is 72.4 Å². The van der Waals surface area contributed by atoms with E-state index >= 15 is 0 Å². The zero-order chi connectivity index (χ0) is 16.5. The number of nitrogens with zero attached hydrogens (tertiary/aromatic N) is 2. The Balaban J connectivity index is 1.76. The Labute approximate surface area is 143 Å². The van der Waals surface area contributed by atoms with Crippen LogP contribution in [0.25, 0.3) is 11.8 Å². The standard InChI is InChI=1S/C19H13N3OS/c20-17-15(11-13-7-3-1-4-8-13)18(23)21-19-22(17)16(12-24-19)14-9-5-2-6-10-14/h1-12,20H/b15-11-,20-17?. The molecule has 0 atom stereocenters. The Morgan fingerprint density at radius 2 is 1.67 bits per heavy atom. The first-order valence-electron chi connectivity index (χ1n) is 7.45. The molecular weight excluding hydrogens is 318 g/mol. The lowest BCUT2D eigenvalue weighted by Gasteiger charge is -2.26. The third-order valence-electron chi connectivity index (χ3n) is 3.79. The number of hydrogen-bond acceptors (Lipinski definition) is 3. The summed E-state index contributed by atoms with van der Waals surface area (Å²) in [5.74, 6) is -0.209. The summed E-state index contributed by atoms with van der Waals surface area (Å²) in [5, 5.41) is 11.0. The van der Waals surface area contributed by atoms with Gasteiger partial charge in [0.15, 0.2) is 5.17 Å². The van der Waals surface area contributed by atoms with Crippen LogP contribution in [0, 0.1) is 5.41 Å². The summed E-state index contributed by atoms with van der Waals surface area (Å²) in [4.78, 5) is 18.2. The molecule has 0 bridgehead atoms. The van der Waals surface area contributed by atoms with Crippen molar-refractivity contribution in [1.82, 2.24) is 4.90 Å². The third-order valence-corrected chi connectivity index (χ3v) is 4.62. The van der Waals surface area contributed by atoms with Crippen molar-refractivity contribution in [2.45, 2.75) is 0 Å². The topological polar surface area (TPSA) is 56.5 Å². The first-order valence-corrected chi connectivity index (χ1v) is 8.33. The number of benzene rings is 2. The zero-order valence-corrected chi connectivity index (χ0v) is 13.5. The van der Waals surface area contributed by atoms with E-state index in [-0.39, 0.29) is 11.7 Å². The van der Waals surface area contributed by atoms with Crippen molar-refractivity contribution in [2.24, 2.45) is 4.99 Å². The van der Waals surface area contributed by atoms with Crippen LogP contribution in [-0.4, -0.2) is 21.8 Å². The predicted molar refractivity (Wildman–Crippen MR) is 98.4 cm³/mol. The lowest BCUT2D eigenvalue weighted by Crippen LogP contribution is -2.37. The van der Waals surface area contributed by atoms with Gasteiger partial charge in [-0.15, -0.1) is 0 Å². The van der Waals surface area contributed by atoms with E-state index in [0.29, 0.717) is 10.7 Å². The van der Waals surface area contributed by atoms with Gasteiger partial charge in [-0.3, -0.25) is 15.1 Å². The number of amides is 1. The molecule has 116 valence electrons. The molecule has 2 heterocycles. The molecule has 0 aliphatic carbocycles. The summed E-state index contributed by atoms with van der Waals surface area (Å²) in [5.41, 5.74) is 3.04. The fraction of sp³-hybridized carbons (Fsp3) is 0. The average molecular weight is 331 g/mol. The normalized spacial score (nSPS) is 18.5. The fourth-order valence-electron chi connectivity index (χ4n) is 2.63. The molecule has 4 nitrogen and oxygen atoms in total. The Bertz CT molecular complexity index is 914. The number of thioether (sulfide) groups is 1. The van der Waals surface area contributed by atoms with Crippen LogP contribution < -0.4 is 0 Å². The van der Waals surface area contributed by atoms with Crippen molar-refractivity contribution in [3.05, 3.63) is 82.8 Å². The summed E-state index contributed by atoms with van der Waals surface area (Å²) < 4.78 is 0. The number of nitrogens with one attached hydrogen (secondary N) is 1. The van der Waals surface area contributed by atoms with Crippen LogP contribution in [0.15, 0.2) is 76.6 Å². The van der Waals surface area contributed by atoms with E-state index in [2.05, 4.69) is 4.99 Å². The van der Waals surface area contributed by atoms with E-state index in [0.717, 1.165) is 16.8 Å². The van der Waals surface area contributed by atoms with Gasteiger partial charge in [0.1, 0.15) is 5.84 Å². The summed E-state index contributed by atoms with van der Waals surface area (Å²) in [6.07, 6.45) is 1.72. The lowest BCUT2D eigenvalue weighted by molar-refractivity contribution is -0.114. The molecule has 4 rings (SSSR count). The highest BCUT2D eigenvalue weighted by atomic mass is 32.2. The van der Waals surface area contributed by atoms with Gasteiger partial charge in [-0.2, -0.15) is 4.99 Å². The first-order chi connectivity index (χ1) is 11.7. The molecule has 2 aromatic rings. The monoisotopic (exact) mass is 331 g/mol. The molecule has 0 radical (unpaired) electrons. The summed E-state index contributed by atoms with van der Waals surface area (Å²) in [6, 6.07) is 19.4. The van der Waals surface area contributed by atoms with Gasteiger partial charge < -0.3 is 0 Å². The highest BCUT2D eigenvalue weighted by Crippen LogP contribution is 2.37. The van der Waals surface area contributed by atoms with Gasteiger partial charge in [0, 0.05) is 5.41 Å². The Morgan fingerprint density at radius 1 is 1.00 bits per heavy atom. The molecule has 24 heavy (non-hydrogen) atoms. The van der Waals surface area contributed by atoms with Crippen LogP contribution in [0.2, 0.25) is 0 Å². The highest BCUT2D eigenvalue weighted by Gasteiger charge is 2.36. The van der Waals surface area contributed by atoms with Gasteiger partial charge in [0.25, 0.3) is 5.91 Å². The molecule has 2 aromatic carbocycles. The molecule has 0 unspecified atom stereocenters. The Kier molecular flexibility index (Phi) is 3.63. The maximum Gasteiger partial charge on any atom is 0.283 e. The number of hydrogen-bond donors (Lipinski definition) is 1. The van der Waals surface area contributed by atoms with Crippen LogP contribution in [-0.2, 0) is 4.79 Å². The number of carbonyl (C=O) groups excluding carboxylic acids is 1. The summed E-state index contributed by atoms with van der Waals surface area (Å²) >= 11 is 1.37. The maximum atomic E-state index is 12.3. The molecule has 2 aliphatic rings. The summed E-state index contributed by atoms with van der Waals surface area (Å²) in [6.45, 7) is 0. The Hall–Kier alpha value is -2.92. The van der Waals surface area contributed by atoms with Crippen LogP contribution in [0.1, 0.15) is 11.1 Å².